The Morgan fingerprint density at radius 2 is 1.10 bits per heavy atom. The molecular weight excluding hydrogens is 372 g/mol. The van der Waals surface area contributed by atoms with Gasteiger partial charge in [-0.1, -0.05) is 78.1 Å². The van der Waals surface area contributed by atoms with Gasteiger partial charge in [0.15, 0.2) is 0 Å². The predicted octanol–water partition coefficient (Wildman–Crippen LogP) is 10.5. The zero-order valence-electron chi connectivity index (χ0n) is 21.6. The molecule has 2 bridgehead atoms. The summed E-state index contributed by atoms with van der Waals surface area (Å²) in [5.41, 5.74) is 1.59. The van der Waals surface area contributed by atoms with Crippen LogP contribution in [-0.4, -0.2) is 0 Å². The van der Waals surface area contributed by atoms with E-state index in [1.807, 2.05) is 0 Å². The van der Waals surface area contributed by atoms with Gasteiger partial charge >= 0.3 is 0 Å². The Bertz CT molecular complexity index is 478. The van der Waals surface area contributed by atoms with Crippen molar-refractivity contribution in [3.8, 4) is 0 Å². The summed E-state index contributed by atoms with van der Waals surface area (Å²) in [4.78, 5) is 0. The summed E-state index contributed by atoms with van der Waals surface area (Å²) in [6.45, 7) is 4.70. The molecule has 0 radical (unpaired) electrons. The average molecular weight is 429 g/mol. The number of rotatable bonds is 11. The SMILES string of the molecule is CCCCCCCC12CCC(C3CCC([C@H]4CC[C@H](CCCC)CC4)CC3)(CC1)CC2. The van der Waals surface area contributed by atoms with Crippen molar-refractivity contribution < 1.29 is 0 Å². The molecule has 5 saturated carbocycles. The highest BCUT2D eigenvalue weighted by Gasteiger charge is 2.51. The van der Waals surface area contributed by atoms with Gasteiger partial charge in [-0.3, -0.25) is 0 Å². The Kier molecular flexibility index (Phi) is 8.89. The van der Waals surface area contributed by atoms with E-state index in [9.17, 15) is 0 Å². The lowest BCUT2D eigenvalue weighted by Crippen LogP contribution is -2.46. The fraction of sp³-hybridized carbons (Fsp3) is 1.00. The highest BCUT2D eigenvalue weighted by Crippen LogP contribution is 2.63. The second-order valence-electron chi connectivity index (χ2n) is 13.1. The minimum atomic E-state index is 0.793. The first kappa shape index (κ1) is 24.1. The monoisotopic (exact) mass is 428 g/mol. The Balaban J connectivity index is 1.18. The zero-order chi connectivity index (χ0) is 21.6. The smallest absolute Gasteiger partial charge is 0.0269 e. The van der Waals surface area contributed by atoms with Crippen molar-refractivity contribution >= 4 is 0 Å². The molecule has 0 atom stereocenters. The molecule has 5 rings (SSSR count). The van der Waals surface area contributed by atoms with Crippen molar-refractivity contribution in [2.24, 2.45) is 34.5 Å². The van der Waals surface area contributed by atoms with Gasteiger partial charge < -0.3 is 0 Å². The van der Waals surface area contributed by atoms with Crippen LogP contribution >= 0.6 is 0 Å². The Labute approximate surface area is 196 Å². The van der Waals surface area contributed by atoms with Gasteiger partial charge in [0.05, 0.1) is 0 Å². The van der Waals surface area contributed by atoms with Gasteiger partial charge in [-0.2, -0.15) is 0 Å². The van der Waals surface area contributed by atoms with E-state index in [2.05, 4.69) is 13.8 Å². The van der Waals surface area contributed by atoms with E-state index < -0.39 is 0 Å². The number of hydrogen-bond donors (Lipinski definition) is 0. The molecule has 5 aliphatic carbocycles. The lowest BCUT2D eigenvalue weighted by atomic mass is 9.47. The molecule has 0 heterocycles. The van der Waals surface area contributed by atoms with Gasteiger partial charge in [-0.25, -0.2) is 0 Å². The minimum absolute atomic E-state index is 0.793. The maximum atomic E-state index is 2.36. The summed E-state index contributed by atoms with van der Waals surface area (Å²) in [7, 11) is 0. The lowest BCUT2D eigenvalue weighted by molar-refractivity contribution is -0.0680. The van der Waals surface area contributed by atoms with E-state index in [1.54, 1.807) is 96.3 Å². The first-order chi connectivity index (χ1) is 15.2. The largest absolute Gasteiger partial charge is 0.0654 e. The number of unbranched alkanes of at least 4 members (excludes halogenated alkanes) is 5. The van der Waals surface area contributed by atoms with Crippen LogP contribution in [-0.2, 0) is 0 Å². The number of fused-ring (bicyclic) bond motifs is 3. The zero-order valence-corrected chi connectivity index (χ0v) is 21.6. The molecule has 0 aromatic rings. The second-order valence-corrected chi connectivity index (χ2v) is 13.1. The highest BCUT2D eigenvalue weighted by molar-refractivity contribution is 5.03. The first-order valence-electron chi connectivity index (χ1n) is 15.2. The quantitative estimate of drug-likeness (QED) is 0.287. The Morgan fingerprint density at radius 1 is 0.548 bits per heavy atom. The van der Waals surface area contributed by atoms with Crippen LogP contribution in [0.15, 0.2) is 0 Å². The highest BCUT2D eigenvalue weighted by atomic mass is 14.6. The lowest BCUT2D eigenvalue weighted by Gasteiger charge is -2.58. The first-order valence-corrected chi connectivity index (χ1v) is 15.2. The van der Waals surface area contributed by atoms with Gasteiger partial charge in [0, 0.05) is 0 Å². The van der Waals surface area contributed by atoms with E-state index in [0.29, 0.717) is 0 Å². The molecule has 31 heavy (non-hydrogen) atoms. The van der Waals surface area contributed by atoms with E-state index in [0.717, 1.165) is 34.5 Å². The van der Waals surface area contributed by atoms with Crippen molar-refractivity contribution in [2.75, 3.05) is 0 Å². The summed E-state index contributed by atoms with van der Waals surface area (Å²) in [5.74, 6) is 4.40. The van der Waals surface area contributed by atoms with E-state index in [4.69, 9.17) is 0 Å². The summed E-state index contributed by atoms with van der Waals surface area (Å²) in [6.07, 6.45) is 35.6. The van der Waals surface area contributed by atoms with Crippen LogP contribution < -0.4 is 0 Å². The van der Waals surface area contributed by atoms with Crippen molar-refractivity contribution in [3.63, 3.8) is 0 Å². The van der Waals surface area contributed by atoms with E-state index in [1.165, 1.54) is 51.4 Å². The fourth-order valence-electron chi connectivity index (χ4n) is 9.03. The van der Waals surface area contributed by atoms with Crippen molar-refractivity contribution in [3.05, 3.63) is 0 Å². The summed E-state index contributed by atoms with van der Waals surface area (Å²) >= 11 is 0. The predicted molar refractivity (Wildman–Crippen MR) is 136 cm³/mol. The molecule has 0 saturated heterocycles. The van der Waals surface area contributed by atoms with Crippen LogP contribution in [0.2, 0.25) is 0 Å². The molecule has 0 aromatic carbocycles. The molecule has 5 aliphatic rings. The van der Waals surface area contributed by atoms with Gasteiger partial charge in [0.1, 0.15) is 0 Å². The van der Waals surface area contributed by atoms with Crippen LogP contribution in [0, 0.1) is 34.5 Å². The maximum Gasteiger partial charge on any atom is -0.0269 e. The third kappa shape index (κ3) is 5.93. The molecule has 0 aromatic heterocycles. The average Bonchev–Trinajstić information content (AvgIpc) is 2.84. The fourth-order valence-corrected chi connectivity index (χ4v) is 9.03. The van der Waals surface area contributed by atoms with Crippen molar-refractivity contribution in [2.45, 2.75) is 162 Å². The topological polar surface area (TPSA) is 0 Å². The van der Waals surface area contributed by atoms with Gasteiger partial charge in [0.25, 0.3) is 0 Å². The molecule has 0 heteroatoms. The Morgan fingerprint density at radius 3 is 1.68 bits per heavy atom. The molecular formula is C31H56. The molecule has 5 fully saturated rings. The van der Waals surface area contributed by atoms with Crippen LogP contribution in [0.25, 0.3) is 0 Å². The molecule has 0 N–H and O–H groups in total. The maximum absolute atomic E-state index is 2.36. The van der Waals surface area contributed by atoms with Crippen LogP contribution in [0.5, 0.6) is 0 Å². The molecule has 0 aliphatic heterocycles. The van der Waals surface area contributed by atoms with Gasteiger partial charge in [0.2, 0.25) is 0 Å². The Hall–Kier alpha value is 0. The van der Waals surface area contributed by atoms with E-state index in [-0.39, 0.29) is 0 Å². The standard InChI is InChI=1S/C31H56/c1-3-5-7-8-9-19-30-20-23-31(24-21-30,25-22-30)29-17-15-28(16-18-29)27-13-11-26(12-14-27)10-6-4-2/h26-29H,3-25H2,1-2H3/t26-,27-,28?,29?,30?,31?. The van der Waals surface area contributed by atoms with Crippen molar-refractivity contribution in [1.82, 2.24) is 0 Å². The molecule has 0 spiro atoms. The van der Waals surface area contributed by atoms with Crippen LogP contribution in [0.4, 0.5) is 0 Å². The molecule has 180 valence electrons. The number of hydrogen-bond acceptors (Lipinski definition) is 0. The minimum Gasteiger partial charge on any atom is -0.0654 e. The summed E-state index contributed by atoms with van der Waals surface area (Å²) < 4.78 is 0. The normalized spacial score (nSPS) is 40.8. The molecule has 0 unspecified atom stereocenters. The molecule has 0 nitrogen and oxygen atoms in total. The molecule has 0 amide bonds. The third-order valence-corrected chi connectivity index (χ3v) is 11.4. The summed E-state index contributed by atoms with van der Waals surface area (Å²) in [6, 6.07) is 0. The van der Waals surface area contributed by atoms with Gasteiger partial charge in [-0.15, -0.1) is 0 Å². The van der Waals surface area contributed by atoms with Crippen LogP contribution in [0.3, 0.4) is 0 Å². The summed E-state index contributed by atoms with van der Waals surface area (Å²) in [5, 5.41) is 0. The second kappa shape index (κ2) is 11.4. The third-order valence-electron chi connectivity index (χ3n) is 11.4. The van der Waals surface area contributed by atoms with E-state index >= 15 is 0 Å². The van der Waals surface area contributed by atoms with Gasteiger partial charge in [-0.05, 0) is 118 Å². The van der Waals surface area contributed by atoms with Crippen LogP contribution in [0.1, 0.15) is 162 Å². The van der Waals surface area contributed by atoms with Crippen molar-refractivity contribution in [1.29, 1.82) is 0 Å².